The van der Waals surface area contributed by atoms with Crippen molar-refractivity contribution in [3.05, 3.63) is 12.2 Å². The number of rotatable bonds is 2. The first-order valence-corrected chi connectivity index (χ1v) is 3.54. The summed E-state index contributed by atoms with van der Waals surface area (Å²) < 4.78 is 0. The van der Waals surface area contributed by atoms with E-state index < -0.39 is 0 Å². The zero-order valence-corrected chi connectivity index (χ0v) is 5.76. The van der Waals surface area contributed by atoms with Crippen LogP contribution in [0.2, 0.25) is 0 Å². The summed E-state index contributed by atoms with van der Waals surface area (Å²) in [5, 5.41) is 0. The molecule has 0 spiro atoms. The largest absolute Gasteiger partial charge is 0.295 e. The molecular formula is C8H12O. The molecule has 1 aliphatic rings. The molecule has 0 saturated carbocycles. The molecule has 0 aliphatic heterocycles. The van der Waals surface area contributed by atoms with Gasteiger partial charge in [-0.25, -0.2) is 0 Å². The molecule has 1 heteroatoms. The first kappa shape index (κ1) is 6.53. The van der Waals surface area contributed by atoms with Crippen LogP contribution >= 0.6 is 0 Å². The minimum absolute atomic E-state index is 0.299. The second kappa shape index (κ2) is 2.81. The monoisotopic (exact) mass is 124 g/mol. The smallest absolute Gasteiger partial charge is 0.155 e. The molecule has 0 aromatic heterocycles. The fraction of sp³-hybridized carbons (Fsp3) is 0.625. The molecule has 0 bridgehead atoms. The molecule has 0 aromatic rings. The van der Waals surface area contributed by atoms with Gasteiger partial charge in [-0.3, -0.25) is 4.79 Å². The van der Waals surface area contributed by atoms with Gasteiger partial charge in [-0.2, -0.15) is 0 Å². The van der Waals surface area contributed by atoms with E-state index in [1.54, 1.807) is 6.08 Å². The highest BCUT2D eigenvalue weighted by atomic mass is 16.1. The van der Waals surface area contributed by atoms with Crippen LogP contribution in [0.25, 0.3) is 0 Å². The molecule has 0 radical (unpaired) electrons. The summed E-state index contributed by atoms with van der Waals surface area (Å²) in [5.74, 6) is 0.857. The van der Waals surface area contributed by atoms with Gasteiger partial charge in [0.15, 0.2) is 5.78 Å². The SMILES string of the molecule is CCC[C@@H]1C=CC(=O)C1. The van der Waals surface area contributed by atoms with Crippen LogP contribution < -0.4 is 0 Å². The highest BCUT2D eigenvalue weighted by Gasteiger charge is 2.13. The van der Waals surface area contributed by atoms with Crippen LogP contribution in [0.3, 0.4) is 0 Å². The average Bonchev–Trinajstić information content (AvgIpc) is 2.17. The van der Waals surface area contributed by atoms with Crippen LogP contribution in [0.5, 0.6) is 0 Å². The molecule has 1 nitrogen and oxygen atoms in total. The third-order valence-electron chi connectivity index (χ3n) is 1.68. The molecule has 0 amide bonds. The van der Waals surface area contributed by atoms with E-state index in [-0.39, 0.29) is 0 Å². The van der Waals surface area contributed by atoms with E-state index in [1.165, 1.54) is 12.8 Å². The highest BCUT2D eigenvalue weighted by Crippen LogP contribution is 2.18. The van der Waals surface area contributed by atoms with Crippen molar-refractivity contribution in [3.8, 4) is 0 Å². The number of hydrogen-bond acceptors (Lipinski definition) is 1. The Hall–Kier alpha value is -0.590. The third-order valence-corrected chi connectivity index (χ3v) is 1.68. The summed E-state index contributed by atoms with van der Waals surface area (Å²) in [5.41, 5.74) is 0. The number of carbonyl (C=O) groups excluding carboxylic acids is 1. The van der Waals surface area contributed by atoms with Crippen LogP contribution in [-0.2, 0) is 4.79 Å². The van der Waals surface area contributed by atoms with Gasteiger partial charge >= 0.3 is 0 Å². The lowest BCUT2D eigenvalue weighted by Crippen LogP contribution is -1.94. The topological polar surface area (TPSA) is 17.1 Å². The normalized spacial score (nSPS) is 25.4. The maximum absolute atomic E-state index is 10.6. The molecule has 0 aromatic carbocycles. The standard InChI is InChI=1S/C8H12O/c1-2-3-7-4-5-8(9)6-7/h4-5,7H,2-3,6H2,1H3/t7-/m1/s1. The quantitative estimate of drug-likeness (QED) is 0.549. The maximum Gasteiger partial charge on any atom is 0.155 e. The van der Waals surface area contributed by atoms with Gasteiger partial charge in [0.05, 0.1) is 0 Å². The molecule has 0 heterocycles. The van der Waals surface area contributed by atoms with Crippen molar-refractivity contribution in [1.29, 1.82) is 0 Å². The first-order valence-electron chi connectivity index (χ1n) is 3.54. The Kier molecular flexibility index (Phi) is 2.04. The molecular weight excluding hydrogens is 112 g/mol. The van der Waals surface area contributed by atoms with Gasteiger partial charge in [-0.15, -0.1) is 0 Å². The van der Waals surface area contributed by atoms with Crippen molar-refractivity contribution in [2.75, 3.05) is 0 Å². The summed E-state index contributed by atoms with van der Waals surface area (Å²) in [6.07, 6.45) is 6.85. The number of allylic oxidation sites excluding steroid dienone is 2. The summed E-state index contributed by atoms with van der Waals surface area (Å²) in [7, 11) is 0. The third kappa shape index (κ3) is 1.67. The molecule has 1 aliphatic carbocycles. The molecule has 50 valence electrons. The Morgan fingerprint density at radius 1 is 1.78 bits per heavy atom. The minimum atomic E-state index is 0.299. The number of hydrogen-bond donors (Lipinski definition) is 0. The fourth-order valence-electron chi connectivity index (χ4n) is 1.21. The van der Waals surface area contributed by atoms with Gasteiger partial charge in [0.1, 0.15) is 0 Å². The fourth-order valence-corrected chi connectivity index (χ4v) is 1.21. The molecule has 0 unspecified atom stereocenters. The predicted molar refractivity (Wildman–Crippen MR) is 37.2 cm³/mol. The Bertz CT molecular complexity index is 136. The van der Waals surface area contributed by atoms with Crippen molar-refractivity contribution in [2.45, 2.75) is 26.2 Å². The van der Waals surface area contributed by atoms with E-state index in [4.69, 9.17) is 0 Å². The molecule has 9 heavy (non-hydrogen) atoms. The van der Waals surface area contributed by atoms with Crippen molar-refractivity contribution < 1.29 is 4.79 Å². The van der Waals surface area contributed by atoms with Crippen molar-refractivity contribution in [1.82, 2.24) is 0 Å². The van der Waals surface area contributed by atoms with Gasteiger partial charge < -0.3 is 0 Å². The second-order valence-electron chi connectivity index (χ2n) is 2.58. The van der Waals surface area contributed by atoms with Crippen molar-refractivity contribution >= 4 is 5.78 Å². The molecule has 0 N–H and O–H groups in total. The van der Waals surface area contributed by atoms with E-state index in [9.17, 15) is 4.79 Å². The molecule has 1 rings (SSSR count). The zero-order valence-electron chi connectivity index (χ0n) is 5.76. The summed E-state index contributed by atoms with van der Waals surface area (Å²) in [4.78, 5) is 10.6. The minimum Gasteiger partial charge on any atom is -0.295 e. The summed E-state index contributed by atoms with van der Waals surface area (Å²) in [6, 6.07) is 0. The molecule has 1 atom stereocenters. The van der Waals surface area contributed by atoms with Crippen LogP contribution in [0.1, 0.15) is 26.2 Å². The summed E-state index contributed by atoms with van der Waals surface area (Å²) in [6.45, 7) is 2.15. The van der Waals surface area contributed by atoms with Gasteiger partial charge in [0.25, 0.3) is 0 Å². The van der Waals surface area contributed by atoms with Gasteiger partial charge in [-0.05, 0) is 18.4 Å². The maximum atomic E-state index is 10.6. The summed E-state index contributed by atoms with van der Waals surface area (Å²) >= 11 is 0. The Balaban J connectivity index is 2.32. The predicted octanol–water partition coefficient (Wildman–Crippen LogP) is 1.93. The average molecular weight is 124 g/mol. The van der Waals surface area contributed by atoms with Crippen molar-refractivity contribution in [2.24, 2.45) is 5.92 Å². The lowest BCUT2D eigenvalue weighted by Gasteiger charge is -2.00. The Morgan fingerprint density at radius 2 is 2.56 bits per heavy atom. The van der Waals surface area contributed by atoms with Crippen LogP contribution in [-0.4, -0.2) is 5.78 Å². The van der Waals surface area contributed by atoms with E-state index in [0.717, 1.165) is 6.42 Å². The van der Waals surface area contributed by atoms with Crippen LogP contribution in [0.4, 0.5) is 0 Å². The number of ketones is 1. The van der Waals surface area contributed by atoms with E-state index >= 15 is 0 Å². The van der Waals surface area contributed by atoms with Crippen molar-refractivity contribution in [3.63, 3.8) is 0 Å². The van der Waals surface area contributed by atoms with Gasteiger partial charge in [-0.1, -0.05) is 19.4 Å². The van der Waals surface area contributed by atoms with E-state index in [1.807, 2.05) is 6.08 Å². The second-order valence-corrected chi connectivity index (χ2v) is 2.58. The first-order chi connectivity index (χ1) is 4.33. The highest BCUT2D eigenvalue weighted by molar-refractivity contribution is 5.92. The molecule has 0 fully saturated rings. The Morgan fingerprint density at radius 3 is 3.00 bits per heavy atom. The lowest BCUT2D eigenvalue weighted by atomic mass is 10.0. The van der Waals surface area contributed by atoms with Gasteiger partial charge in [0.2, 0.25) is 0 Å². The van der Waals surface area contributed by atoms with Crippen LogP contribution in [0, 0.1) is 5.92 Å². The number of carbonyl (C=O) groups is 1. The van der Waals surface area contributed by atoms with Crippen LogP contribution in [0.15, 0.2) is 12.2 Å². The van der Waals surface area contributed by atoms with E-state index in [2.05, 4.69) is 6.92 Å². The molecule has 0 saturated heterocycles. The Labute approximate surface area is 55.8 Å². The lowest BCUT2D eigenvalue weighted by molar-refractivity contribution is -0.114. The zero-order chi connectivity index (χ0) is 6.69. The van der Waals surface area contributed by atoms with E-state index in [0.29, 0.717) is 11.7 Å². The van der Waals surface area contributed by atoms with Gasteiger partial charge in [0, 0.05) is 6.42 Å².